The van der Waals surface area contributed by atoms with Gasteiger partial charge in [-0.2, -0.15) is 0 Å². The summed E-state index contributed by atoms with van der Waals surface area (Å²) in [6, 6.07) is 8.36. The highest BCUT2D eigenvalue weighted by atomic mass is 28.2. The molecule has 0 saturated carbocycles. The summed E-state index contributed by atoms with van der Waals surface area (Å²) in [5.74, 6) is 0. The smallest absolute Gasteiger partial charge is 0.246 e. The van der Waals surface area contributed by atoms with Gasteiger partial charge in [-0.05, 0) is 31.9 Å². The highest BCUT2D eigenvalue weighted by Gasteiger charge is 1.83. The maximum Gasteiger partial charge on any atom is 0.246 e. The molecule has 0 aliphatic heterocycles. The maximum atomic E-state index is 4.35. The molecule has 1 aromatic carbocycles. The largest absolute Gasteiger partial charge is 0.419 e. The second-order valence-corrected chi connectivity index (χ2v) is 2.81. The minimum Gasteiger partial charge on any atom is -0.419 e. The van der Waals surface area contributed by atoms with E-state index in [1.165, 1.54) is 11.1 Å². The molecule has 1 rings (SSSR count). The predicted octanol–water partition coefficient (Wildman–Crippen LogP) is 2.41. The Labute approximate surface area is 78.3 Å². The van der Waals surface area contributed by atoms with Crippen LogP contribution in [0, 0.1) is 13.8 Å². The fraction of sp³-hybridized carbons (Fsp3) is 0.400. The lowest BCUT2D eigenvalue weighted by Crippen LogP contribution is -1.76. The second kappa shape index (κ2) is 7.07. The van der Waals surface area contributed by atoms with Gasteiger partial charge in [0.15, 0.2) is 0 Å². The van der Waals surface area contributed by atoms with Gasteiger partial charge in [0, 0.05) is 6.61 Å². The molecule has 0 aliphatic carbocycles. The van der Waals surface area contributed by atoms with Gasteiger partial charge in [0.2, 0.25) is 10.5 Å². The van der Waals surface area contributed by atoms with Crippen molar-refractivity contribution >= 4 is 10.5 Å². The minimum absolute atomic E-state index is 0.733. The number of hydrogen-bond acceptors (Lipinski definition) is 1. The summed E-state index contributed by atoms with van der Waals surface area (Å²) in [4.78, 5) is 0. The van der Waals surface area contributed by atoms with Crippen LogP contribution in [-0.4, -0.2) is 17.1 Å². The molecule has 1 aromatic rings. The third kappa shape index (κ3) is 5.10. The molecule has 0 N–H and O–H groups in total. The zero-order chi connectivity index (χ0) is 9.40. The van der Waals surface area contributed by atoms with Gasteiger partial charge in [-0.1, -0.05) is 24.3 Å². The number of benzene rings is 1. The molecule has 3 radical (unpaired) electrons. The van der Waals surface area contributed by atoms with Gasteiger partial charge >= 0.3 is 0 Å². The first kappa shape index (κ1) is 11.4. The van der Waals surface area contributed by atoms with Crippen LogP contribution >= 0.6 is 0 Å². The van der Waals surface area contributed by atoms with E-state index in [0.29, 0.717) is 0 Å². The molecular weight excluding hydrogens is 164 g/mol. The molecule has 2 heteroatoms. The van der Waals surface area contributed by atoms with Crippen LogP contribution in [0.2, 0.25) is 0 Å². The van der Waals surface area contributed by atoms with Crippen molar-refractivity contribution in [3.8, 4) is 0 Å². The molecular formula is C10H15OSi. The third-order valence-electron chi connectivity index (χ3n) is 1.57. The summed E-state index contributed by atoms with van der Waals surface area (Å²) in [6.45, 7) is 6.88. The highest BCUT2D eigenvalue weighted by molar-refractivity contribution is 5.97. The van der Waals surface area contributed by atoms with Gasteiger partial charge in [0.1, 0.15) is 0 Å². The fourth-order valence-corrected chi connectivity index (χ4v) is 0.663. The van der Waals surface area contributed by atoms with Crippen molar-refractivity contribution in [1.82, 2.24) is 0 Å². The lowest BCUT2D eigenvalue weighted by Gasteiger charge is -1.93. The minimum atomic E-state index is 0.733. The summed E-state index contributed by atoms with van der Waals surface area (Å²) < 4.78 is 4.35. The Bertz CT molecular complexity index is 188. The van der Waals surface area contributed by atoms with Gasteiger partial charge in [-0.15, -0.1) is 0 Å². The average Bonchev–Trinajstić information content (AvgIpc) is 2.11. The first-order valence-electron chi connectivity index (χ1n) is 4.03. The normalized spacial score (nSPS) is 8.67. The molecule has 0 unspecified atom stereocenters. The van der Waals surface area contributed by atoms with Crippen LogP contribution in [0.25, 0.3) is 0 Å². The molecule has 12 heavy (non-hydrogen) atoms. The van der Waals surface area contributed by atoms with Crippen LogP contribution in [-0.2, 0) is 4.43 Å². The Morgan fingerprint density at radius 3 is 1.67 bits per heavy atom. The van der Waals surface area contributed by atoms with Gasteiger partial charge in [-0.25, -0.2) is 0 Å². The van der Waals surface area contributed by atoms with E-state index in [-0.39, 0.29) is 0 Å². The Hall–Kier alpha value is -0.603. The highest BCUT2D eigenvalue weighted by Crippen LogP contribution is 2.02. The first-order chi connectivity index (χ1) is 5.72. The Morgan fingerprint density at radius 2 is 1.50 bits per heavy atom. The Morgan fingerprint density at radius 1 is 1.17 bits per heavy atom. The number of aryl methyl sites for hydroxylation is 2. The molecule has 1 nitrogen and oxygen atoms in total. The first-order valence-corrected chi connectivity index (χ1v) is 4.44. The van der Waals surface area contributed by atoms with Crippen molar-refractivity contribution in [2.24, 2.45) is 0 Å². The Balaban J connectivity index is 0.000000261. The molecule has 65 valence electrons. The quantitative estimate of drug-likeness (QED) is 0.602. The summed E-state index contributed by atoms with van der Waals surface area (Å²) >= 11 is 0. The fourth-order valence-electron chi connectivity index (χ4n) is 0.663. The maximum absolute atomic E-state index is 4.35. The molecule has 0 bridgehead atoms. The van der Waals surface area contributed by atoms with E-state index < -0.39 is 0 Å². The topological polar surface area (TPSA) is 9.23 Å². The van der Waals surface area contributed by atoms with Gasteiger partial charge < -0.3 is 4.43 Å². The SMILES string of the molecule is CCO[Si].Cc1ccccc1C. The van der Waals surface area contributed by atoms with E-state index in [1.54, 1.807) is 0 Å². The Kier molecular flexibility index (Phi) is 6.71. The van der Waals surface area contributed by atoms with E-state index in [1.807, 2.05) is 6.92 Å². The summed E-state index contributed by atoms with van der Waals surface area (Å²) in [7, 11) is 2.79. The van der Waals surface area contributed by atoms with Gasteiger partial charge in [0.05, 0.1) is 0 Å². The van der Waals surface area contributed by atoms with Gasteiger partial charge in [-0.3, -0.25) is 0 Å². The third-order valence-corrected chi connectivity index (χ3v) is 1.86. The molecule has 0 saturated heterocycles. The monoisotopic (exact) mass is 179 g/mol. The summed E-state index contributed by atoms with van der Waals surface area (Å²) in [5, 5.41) is 0. The van der Waals surface area contributed by atoms with Crippen molar-refractivity contribution in [3.63, 3.8) is 0 Å². The lowest BCUT2D eigenvalue weighted by atomic mass is 10.1. The van der Waals surface area contributed by atoms with Crippen LogP contribution < -0.4 is 0 Å². The van der Waals surface area contributed by atoms with Crippen molar-refractivity contribution in [3.05, 3.63) is 35.4 Å². The van der Waals surface area contributed by atoms with Crippen LogP contribution in [0.1, 0.15) is 18.1 Å². The second-order valence-electron chi connectivity index (χ2n) is 2.52. The number of hydrogen-bond donors (Lipinski definition) is 0. The van der Waals surface area contributed by atoms with Crippen LogP contribution in [0.15, 0.2) is 24.3 Å². The van der Waals surface area contributed by atoms with Gasteiger partial charge in [0.25, 0.3) is 0 Å². The van der Waals surface area contributed by atoms with E-state index in [4.69, 9.17) is 0 Å². The molecule has 0 aliphatic rings. The van der Waals surface area contributed by atoms with Crippen molar-refractivity contribution in [1.29, 1.82) is 0 Å². The zero-order valence-corrected chi connectivity index (χ0v) is 8.92. The predicted molar refractivity (Wildman–Crippen MR) is 53.3 cm³/mol. The van der Waals surface area contributed by atoms with E-state index in [9.17, 15) is 0 Å². The van der Waals surface area contributed by atoms with E-state index >= 15 is 0 Å². The molecule has 0 fully saturated rings. The van der Waals surface area contributed by atoms with Crippen LogP contribution in [0.4, 0.5) is 0 Å². The number of rotatable bonds is 1. The lowest BCUT2D eigenvalue weighted by molar-refractivity contribution is 0.375. The molecule has 0 spiro atoms. The molecule has 0 amide bonds. The van der Waals surface area contributed by atoms with E-state index in [2.05, 4.69) is 53.0 Å². The summed E-state index contributed by atoms with van der Waals surface area (Å²) in [5.41, 5.74) is 2.74. The van der Waals surface area contributed by atoms with Crippen molar-refractivity contribution in [2.75, 3.05) is 6.61 Å². The average molecular weight is 179 g/mol. The molecule has 0 aromatic heterocycles. The zero-order valence-electron chi connectivity index (χ0n) is 7.92. The molecule has 0 heterocycles. The van der Waals surface area contributed by atoms with Crippen molar-refractivity contribution < 1.29 is 4.43 Å². The standard InChI is InChI=1S/C8H10.C2H5OSi/c1-7-5-3-4-6-8(7)2;1-2-3-4/h3-6H,1-2H3;2H2,1H3. The van der Waals surface area contributed by atoms with Crippen LogP contribution in [0.3, 0.4) is 0 Å². The summed E-state index contributed by atoms with van der Waals surface area (Å²) in [6.07, 6.45) is 0. The van der Waals surface area contributed by atoms with Crippen molar-refractivity contribution in [2.45, 2.75) is 20.8 Å². The van der Waals surface area contributed by atoms with E-state index in [0.717, 1.165) is 6.61 Å². The van der Waals surface area contributed by atoms with Crippen LogP contribution in [0.5, 0.6) is 0 Å². The molecule has 0 atom stereocenters.